The second kappa shape index (κ2) is 6.80. The Labute approximate surface area is 116 Å². The summed E-state index contributed by atoms with van der Waals surface area (Å²) in [6, 6.07) is 2.61. The van der Waals surface area contributed by atoms with Gasteiger partial charge in [0.25, 0.3) is 0 Å². The highest BCUT2D eigenvalue weighted by Gasteiger charge is 2.22. The van der Waals surface area contributed by atoms with Crippen molar-refractivity contribution in [3.63, 3.8) is 0 Å². The van der Waals surface area contributed by atoms with Gasteiger partial charge in [0, 0.05) is 31.4 Å². The fourth-order valence-electron chi connectivity index (χ4n) is 2.95. The van der Waals surface area contributed by atoms with Crippen LogP contribution in [0.25, 0.3) is 0 Å². The molecule has 0 saturated carbocycles. The summed E-state index contributed by atoms with van der Waals surface area (Å²) in [4.78, 5) is 18.2. The Balaban J connectivity index is 2.07. The highest BCUT2D eigenvalue weighted by Crippen LogP contribution is 2.21. The van der Waals surface area contributed by atoms with Gasteiger partial charge in [0.05, 0.1) is 0 Å². The Morgan fingerprint density at radius 1 is 1.37 bits per heavy atom. The average Bonchev–Trinajstić information content (AvgIpc) is 2.55. The quantitative estimate of drug-likeness (QED) is 0.834. The summed E-state index contributed by atoms with van der Waals surface area (Å²) in [6.07, 6.45) is 9.46. The molecule has 0 N–H and O–H groups in total. The van der Waals surface area contributed by atoms with E-state index < -0.39 is 0 Å². The van der Waals surface area contributed by atoms with Gasteiger partial charge in [-0.3, -0.25) is 14.7 Å². The first-order valence-electron chi connectivity index (χ1n) is 7.29. The molecule has 1 saturated heterocycles. The van der Waals surface area contributed by atoms with Crippen molar-refractivity contribution in [2.75, 3.05) is 6.54 Å². The van der Waals surface area contributed by atoms with Crippen molar-refractivity contribution in [1.82, 2.24) is 9.88 Å². The maximum Gasteiger partial charge on any atom is 0.131 e. The molecule has 1 aliphatic rings. The summed E-state index contributed by atoms with van der Waals surface area (Å²) in [6.45, 7) is 5.81. The van der Waals surface area contributed by atoms with E-state index in [9.17, 15) is 4.79 Å². The van der Waals surface area contributed by atoms with Gasteiger partial charge in [0.1, 0.15) is 5.78 Å². The molecule has 0 radical (unpaired) electrons. The lowest BCUT2D eigenvalue weighted by Gasteiger charge is -2.29. The molecule has 1 aliphatic heterocycles. The second-order valence-electron chi connectivity index (χ2n) is 5.75. The third-order valence-corrected chi connectivity index (χ3v) is 3.84. The van der Waals surface area contributed by atoms with Gasteiger partial charge >= 0.3 is 0 Å². The summed E-state index contributed by atoms with van der Waals surface area (Å²) in [5.74, 6) is 0.305. The zero-order valence-corrected chi connectivity index (χ0v) is 12.1. The van der Waals surface area contributed by atoms with Crippen molar-refractivity contribution in [2.24, 2.45) is 0 Å². The summed E-state index contributed by atoms with van der Waals surface area (Å²) < 4.78 is 0. The van der Waals surface area contributed by atoms with Crippen molar-refractivity contribution < 1.29 is 4.79 Å². The van der Waals surface area contributed by atoms with E-state index in [2.05, 4.69) is 22.9 Å². The predicted octanol–water partition coefficient (Wildman–Crippen LogP) is 3.11. The number of ketones is 1. The number of hydrogen-bond donors (Lipinski definition) is 0. The van der Waals surface area contributed by atoms with Crippen LogP contribution in [0.15, 0.2) is 18.5 Å². The number of rotatable bonds is 4. The third kappa shape index (κ3) is 4.43. The lowest BCUT2D eigenvalue weighted by Crippen LogP contribution is -2.35. The van der Waals surface area contributed by atoms with Gasteiger partial charge in [-0.25, -0.2) is 0 Å². The lowest BCUT2D eigenvalue weighted by atomic mass is 10.0. The van der Waals surface area contributed by atoms with Gasteiger partial charge in [-0.05, 0) is 44.4 Å². The smallest absolute Gasteiger partial charge is 0.131 e. The summed E-state index contributed by atoms with van der Waals surface area (Å²) in [7, 11) is 0. The molecule has 1 aromatic heterocycles. The van der Waals surface area contributed by atoms with Crippen molar-refractivity contribution in [2.45, 2.75) is 58.5 Å². The third-order valence-electron chi connectivity index (χ3n) is 3.84. The Morgan fingerprint density at radius 3 is 2.95 bits per heavy atom. The van der Waals surface area contributed by atoms with Crippen molar-refractivity contribution in [1.29, 1.82) is 0 Å². The highest BCUT2D eigenvalue weighted by atomic mass is 16.1. The number of nitrogens with zero attached hydrogens (tertiary/aromatic N) is 2. The molecule has 2 heterocycles. The van der Waals surface area contributed by atoms with Crippen LogP contribution in [0.2, 0.25) is 0 Å². The molecule has 3 heteroatoms. The molecule has 1 atom stereocenters. The van der Waals surface area contributed by atoms with Crippen molar-refractivity contribution >= 4 is 5.78 Å². The first kappa shape index (κ1) is 14.2. The van der Waals surface area contributed by atoms with Crippen LogP contribution in [-0.2, 0) is 11.3 Å². The van der Waals surface area contributed by atoms with E-state index in [1.54, 1.807) is 6.92 Å². The zero-order valence-electron chi connectivity index (χ0n) is 12.1. The predicted molar refractivity (Wildman–Crippen MR) is 76.9 cm³/mol. The Bertz CT molecular complexity index is 431. The molecule has 104 valence electrons. The van der Waals surface area contributed by atoms with Crippen LogP contribution in [0.1, 0.15) is 50.2 Å². The molecule has 0 bridgehead atoms. The average molecular weight is 260 g/mol. The van der Waals surface area contributed by atoms with Crippen LogP contribution in [0.4, 0.5) is 0 Å². The molecule has 1 unspecified atom stereocenters. The second-order valence-corrected chi connectivity index (χ2v) is 5.75. The normalized spacial score (nSPS) is 21.1. The Kier molecular flexibility index (Phi) is 5.08. The fourth-order valence-corrected chi connectivity index (χ4v) is 2.95. The minimum atomic E-state index is 0.305. The molecule has 0 spiro atoms. The molecule has 1 fully saturated rings. The van der Waals surface area contributed by atoms with Gasteiger partial charge in [-0.2, -0.15) is 0 Å². The van der Waals surface area contributed by atoms with E-state index in [1.165, 1.54) is 30.4 Å². The Hall–Kier alpha value is -1.22. The maximum atomic E-state index is 11.4. The fraction of sp³-hybridized carbons (Fsp3) is 0.625. The van der Waals surface area contributed by atoms with Crippen LogP contribution in [0.3, 0.4) is 0 Å². The molecule has 19 heavy (non-hydrogen) atoms. The van der Waals surface area contributed by atoms with E-state index in [4.69, 9.17) is 0 Å². The van der Waals surface area contributed by atoms with Crippen LogP contribution in [0, 0.1) is 6.92 Å². The Morgan fingerprint density at radius 2 is 2.21 bits per heavy atom. The number of carbonyl (C=O) groups is 1. The van der Waals surface area contributed by atoms with Gasteiger partial charge < -0.3 is 0 Å². The monoisotopic (exact) mass is 260 g/mol. The minimum Gasteiger partial charge on any atom is -0.300 e. The van der Waals surface area contributed by atoms with Crippen molar-refractivity contribution in [3.8, 4) is 0 Å². The number of likely N-dealkylation sites (tertiary alicyclic amines) is 1. The number of carbonyl (C=O) groups excluding carboxylic acids is 1. The minimum absolute atomic E-state index is 0.305. The molecule has 1 aromatic rings. The molecular weight excluding hydrogens is 236 g/mol. The highest BCUT2D eigenvalue weighted by molar-refractivity contribution is 5.76. The van der Waals surface area contributed by atoms with Crippen LogP contribution in [-0.4, -0.2) is 28.3 Å². The number of hydrogen-bond acceptors (Lipinski definition) is 3. The van der Waals surface area contributed by atoms with Gasteiger partial charge in [-0.1, -0.05) is 18.9 Å². The van der Waals surface area contributed by atoms with Crippen molar-refractivity contribution in [3.05, 3.63) is 29.6 Å². The van der Waals surface area contributed by atoms with Gasteiger partial charge in [-0.15, -0.1) is 0 Å². The number of pyridine rings is 1. The molecule has 0 aromatic carbocycles. The summed E-state index contributed by atoms with van der Waals surface area (Å²) >= 11 is 0. The van der Waals surface area contributed by atoms with Crippen LogP contribution in [0.5, 0.6) is 0 Å². The first-order valence-corrected chi connectivity index (χ1v) is 7.29. The summed E-state index contributed by atoms with van der Waals surface area (Å²) in [5.41, 5.74) is 2.46. The van der Waals surface area contributed by atoms with Gasteiger partial charge in [0.2, 0.25) is 0 Å². The maximum absolute atomic E-state index is 11.4. The molecule has 0 aliphatic carbocycles. The zero-order chi connectivity index (χ0) is 13.7. The van der Waals surface area contributed by atoms with E-state index in [0.29, 0.717) is 18.2 Å². The topological polar surface area (TPSA) is 33.2 Å². The van der Waals surface area contributed by atoms with E-state index >= 15 is 0 Å². The molecule has 3 nitrogen and oxygen atoms in total. The van der Waals surface area contributed by atoms with E-state index in [0.717, 1.165) is 19.5 Å². The standard InChI is InChI=1S/C16H24N2O/c1-13-8-15(11-17-10-13)12-18-7-5-3-4-6-16(18)9-14(2)19/h8,10-11,16H,3-7,9,12H2,1-2H3. The first-order chi connectivity index (χ1) is 9.15. The number of Topliss-reactive ketones (excluding diaryl/α,β-unsaturated/α-hetero) is 1. The lowest BCUT2D eigenvalue weighted by molar-refractivity contribution is -0.118. The number of aryl methyl sites for hydroxylation is 1. The van der Waals surface area contributed by atoms with E-state index in [1.807, 2.05) is 12.4 Å². The van der Waals surface area contributed by atoms with Crippen LogP contribution >= 0.6 is 0 Å². The summed E-state index contributed by atoms with van der Waals surface area (Å²) in [5, 5.41) is 0. The molecule has 2 rings (SSSR count). The number of aromatic nitrogens is 1. The molecule has 0 amide bonds. The van der Waals surface area contributed by atoms with Gasteiger partial charge in [0.15, 0.2) is 0 Å². The SMILES string of the molecule is CC(=O)CC1CCCCCN1Cc1cncc(C)c1. The van der Waals surface area contributed by atoms with Crippen LogP contribution < -0.4 is 0 Å². The molecular formula is C16H24N2O. The largest absolute Gasteiger partial charge is 0.300 e. The van der Waals surface area contributed by atoms with E-state index in [-0.39, 0.29) is 0 Å².